The fourth-order valence-electron chi connectivity index (χ4n) is 4.39. The second-order valence-corrected chi connectivity index (χ2v) is 7.66. The number of aryl methyl sites for hydroxylation is 2. The number of nitriles is 1. The standard InChI is InChI=1S/C25H20N4O/c1-15-12-16(2)23-19(10-11-27-23)22(15)25(30,18-6-4-3-5-7-18)24-28-20-9-8-17(14-26)13-21(20)29-24/h3-13,27,30H,1-2H3,(H,28,29). The van der Waals surface area contributed by atoms with Gasteiger partial charge in [0.2, 0.25) is 0 Å². The van der Waals surface area contributed by atoms with Crippen molar-refractivity contribution in [3.8, 4) is 6.07 Å². The first-order valence-electron chi connectivity index (χ1n) is 9.78. The van der Waals surface area contributed by atoms with E-state index in [0.717, 1.165) is 38.7 Å². The van der Waals surface area contributed by atoms with Gasteiger partial charge in [-0.1, -0.05) is 36.4 Å². The molecular formula is C25H20N4O. The van der Waals surface area contributed by atoms with E-state index in [-0.39, 0.29) is 0 Å². The number of hydrogen-bond acceptors (Lipinski definition) is 3. The van der Waals surface area contributed by atoms with Gasteiger partial charge in [-0.2, -0.15) is 5.26 Å². The van der Waals surface area contributed by atoms with Crippen molar-refractivity contribution in [2.24, 2.45) is 0 Å². The Labute approximate surface area is 173 Å². The summed E-state index contributed by atoms with van der Waals surface area (Å²) in [6, 6.07) is 21.1. The minimum absolute atomic E-state index is 0.424. The molecule has 30 heavy (non-hydrogen) atoms. The van der Waals surface area contributed by atoms with Crippen molar-refractivity contribution in [2.75, 3.05) is 0 Å². The van der Waals surface area contributed by atoms with E-state index in [1.54, 1.807) is 12.1 Å². The molecule has 1 atom stereocenters. The lowest BCUT2D eigenvalue weighted by atomic mass is 9.80. The number of nitrogens with one attached hydrogen (secondary N) is 2. The lowest BCUT2D eigenvalue weighted by molar-refractivity contribution is 0.118. The molecule has 5 aromatic rings. The molecule has 0 aliphatic heterocycles. The van der Waals surface area contributed by atoms with E-state index in [1.165, 1.54) is 0 Å². The van der Waals surface area contributed by atoms with Crippen molar-refractivity contribution < 1.29 is 5.11 Å². The van der Waals surface area contributed by atoms with E-state index < -0.39 is 5.60 Å². The number of hydrogen-bond donors (Lipinski definition) is 3. The van der Waals surface area contributed by atoms with E-state index in [9.17, 15) is 10.4 Å². The number of fused-ring (bicyclic) bond motifs is 2. The van der Waals surface area contributed by atoms with Crippen molar-refractivity contribution >= 4 is 21.9 Å². The van der Waals surface area contributed by atoms with Crippen LogP contribution >= 0.6 is 0 Å². The van der Waals surface area contributed by atoms with Crippen molar-refractivity contribution in [1.29, 1.82) is 5.26 Å². The highest BCUT2D eigenvalue weighted by Crippen LogP contribution is 2.42. The molecule has 5 nitrogen and oxygen atoms in total. The Morgan fingerprint density at radius 2 is 1.80 bits per heavy atom. The maximum absolute atomic E-state index is 12.4. The number of nitrogens with zero attached hydrogens (tertiary/aromatic N) is 2. The van der Waals surface area contributed by atoms with E-state index in [1.807, 2.05) is 55.6 Å². The Balaban J connectivity index is 1.88. The summed E-state index contributed by atoms with van der Waals surface area (Å²) >= 11 is 0. The van der Waals surface area contributed by atoms with Crippen LogP contribution in [0.3, 0.4) is 0 Å². The van der Waals surface area contributed by atoms with Crippen LogP contribution in [0.15, 0.2) is 66.9 Å². The second-order valence-electron chi connectivity index (χ2n) is 7.66. The average Bonchev–Trinajstić information content (AvgIpc) is 3.41. The molecular weight excluding hydrogens is 372 g/mol. The van der Waals surface area contributed by atoms with Gasteiger partial charge < -0.3 is 15.1 Å². The predicted octanol–water partition coefficient (Wildman–Crippen LogP) is 4.82. The van der Waals surface area contributed by atoms with Gasteiger partial charge in [0.25, 0.3) is 0 Å². The molecule has 3 N–H and O–H groups in total. The first kappa shape index (κ1) is 18.2. The molecule has 5 rings (SSSR count). The van der Waals surface area contributed by atoms with Gasteiger partial charge in [0.1, 0.15) is 5.82 Å². The van der Waals surface area contributed by atoms with E-state index >= 15 is 0 Å². The van der Waals surface area contributed by atoms with E-state index in [0.29, 0.717) is 16.9 Å². The molecule has 2 aromatic heterocycles. The Kier molecular flexibility index (Phi) is 3.99. The van der Waals surface area contributed by atoms with Crippen molar-refractivity contribution in [3.63, 3.8) is 0 Å². The third kappa shape index (κ3) is 2.55. The molecule has 0 aliphatic rings. The summed E-state index contributed by atoms with van der Waals surface area (Å²) in [7, 11) is 0. The first-order valence-corrected chi connectivity index (χ1v) is 9.78. The minimum atomic E-state index is -1.49. The highest BCUT2D eigenvalue weighted by Gasteiger charge is 2.40. The van der Waals surface area contributed by atoms with Crippen LogP contribution in [0, 0.1) is 25.2 Å². The number of aliphatic hydroxyl groups is 1. The molecule has 0 fully saturated rings. The van der Waals surface area contributed by atoms with Gasteiger partial charge in [0, 0.05) is 22.7 Å². The number of aromatic amines is 2. The van der Waals surface area contributed by atoms with Crippen molar-refractivity contribution in [2.45, 2.75) is 19.4 Å². The Bertz CT molecular complexity index is 1440. The van der Waals surface area contributed by atoms with Gasteiger partial charge in [0.15, 0.2) is 5.60 Å². The van der Waals surface area contributed by atoms with Crippen LogP contribution in [0.25, 0.3) is 21.9 Å². The molecule has 146 valence electrons. The third-order valence-corrected chi connectivity index (χ3v) is 5.75. The molecule has 3 aromatic carbocycles. The summed E-state index contributed by atoms with van der Waals surface area (Å²) in [6.45, 7) is 4.07. The van der Waals surface area contributed by atoms with Crippen LogP contribution in [-0.4, -0.2) is 20.1 Å². The fourth-order valence-corrected chi connectivity index (χ4v) is 4.39. The molecule has 0 spiro atoms. The highest BCUT2D eigenvalue weighted by atomic mass is 16.3. The summed E-state index contributed by atoms with van der Waals surface area (Å²) in [5, 5.41) is 22.6. The Hall–Kier alpha value is -3.88. The summed E-state index contributed by atoms with van der Waals surface area (Å²) in [4.78, 5) is 11.3. The molecule has 0 saturated carbocycles. The third-order valence-electron chi connectivity index (χ3n) is 5.75. The van der Waals surface area contributed by atoms with Gasteiger partial charge in [-0.3, -0.25) is 0 Å². The number of benzene rings is 3. The minimum Gasteiger partial charge on any atom is -0.373 e. The zero-order chi connectivity index (χ0) is 20.9. The SMILES string of the molecule is Cc1cc(C)c2[nH]ccc2c1C(O)(c1ccccc1)c1nc2cc(C#N)ccc2[nH]1. The monoisotopic (exact) mass is 392 g/mol. The van der Waals surface area contributed by atoms with E-state index in [4.69, 9.17) is 4.98 Å². The lowest BCUT2D eigenvalue weighted by Crippen LogP contribution is -2.31. The fraction of sp³-hybridized carbons (Fsp3) is 0.120. The molecule has 1 unspecified atom stereocenters. The zero-order valence-electron chi connectivity index (χ0n) is 16.7. The van der Waals surface area contributed by atoms with Crippen molar-refractivity contribution in [1.82, 2.24) is 15.0 Å². The van der Waals surface area contributed by atoms with Crippen LogP contribution in [-0.2, 0) is 5.60 Å². The van der Waals surface area contributed by atoms with E-state index in [2.05, 4.69) is 29.0 Å². The van der Waals surface area contributed by atoms with Crippen LogP contribution in [0.5, 0.6) is 0 Å². The second kappa shape index (κ2) is 6.58. The molecule has 0 radical (unpaired) electrons. The maximum atomic E-state index is 12.4. The molecule has 0 saturated heterocycles. The van der Waals surface area contributed by atoms with Gasteiger partial charge in [-0.05, 0) is 54.8 Å². The lowest BCUT2D eigenvalue weighted by Gasteiger charge is -2.30. The number of aromatic nitrogens is 3. The topological polar surface area (TPSA) is 88.5 Å². The molecule has 0 bridgehead atoms. The summed E-state index contributed by atoms with van der Waals surface area (Å²) in [5.41, 5.74) is 5.05. The Morgan fingerprint density at radius 3 is 2.57 bits per heavy atom. The average molecular weight is 392 g/mol. The van der Waals surface area contributed by atoms with Crippen LogP contribution < -0.4 is 0 Å². The maximum Gasteiger partial charge on any atom is 0.173 e. The number of H-pyrrole nitrogens is 2. The van der Waals surface area contributed by atoms with Gasteiger partial charge in [-0.15, -0.1) is 0 Å². The first-order chi connectivity index (χ1) is 14.5. The highest BCUT2D eigenvalue weighted by molar-refractivity contribution is 5.89. The Morgan fingerprint density at radius 1 is 1.00 bits per heavy atom. The van der Waals surface area contributed by atoms with Crippen LogP contribution in [0.1, 0.15) is 33.6 Å². The molecule has 2 heterocycles. The number of rotatable bonds is 3. The quantitative estimate of drug-likeness (QED) is 0.411. The van der Waals surface area contributed by atoms with Crippen LogP contribution in [0.2, 0.25) is 0 Å². The normalized spacial score (nSPS) is 13.4. The molecule has 5 heteroatoms. The van der Waals surface area contributed by atoms with Crippen molar-refractivity contribution in [3.05, 3.63) is 101 Å². The van der Waals surface area contributed by atoms with Gasteiger partial charge in [-0.25, -0.2) is 4.98 Å². The largest absolute Gasteiger partial charge is 0.373 e. The number of imidazole rings is 1. The smallest absolute Gasteiger partial charge is 0.173 e. The summed E-state index contributed by atoms with van der Waals surface area (Å²) in [5.74, 6) is 0.424. The zero-order valence-corrected chi connectivity index (χ0v) is 16.7. The van der Waals surface area contributed by atoms with Crippen LogP contribution in [0.4, 0.5) is 0 Å². The predicted molar refractivity (Wildman–Crippen MR) is 117 cm³/mol. The summed E-state index contributed by atoms with van der Waals surface area (Å²) < 4.78 is 0. The molecule has 0 aliphatic carbocycles. The van der Waals surface area contributed by atoms with Gasteiger partial charge >= 0.3 is 0 Å². The van der Waals surface area contributed by atoms with Gasteiger partial charge in [0.05, 0.1) is 22.7 Å². The summed E-state index contributed by atoms with van der Waals surface area (Å²) in [6.07, 6.45) is 1.89. The molecule has 0 amide bonds.